The highest BCUT2D eigenvalue weighted by atomic mass is 16.7. The molecule has 0 aromatic rings. The van der Waals surface area contributed by atoms with Crippen LogP contribution in [0.15, 0.2) is 0 Å². The van der Waals surface area contributed by atoms with E-state index in [1.165, 1.54) is 173 Å². The maximum atomic E-state index is 13.0. The largest absolute Gasteiger partial charge is 0.394 e. The lowest BCUT2D eigenvalue weighted by Gasteiger charge is -2.40. The molecule has 1 heterocycles. The molecule has 0 aliphatic carbocycles. The molecule has 1 fully saturated rings. The van der Waals surface area contributed by atoms with Gasteiger partial charge in [0.05, 0.1) is 25.4 Å². The summed E-state index contributed by atoms with van der Waals surface area (Å²) in [5.74, 6) is -0.140. The molecule has 7 atom stereocenters. The van der Waals surface area contributed by atoms with Crippen molar-refractivity contribution in [2.45, 2.75) is 281 Å². The van der Waals surface area contributed by atoms with E-state index >= 15 is 0 Å². The maximum absolute atomic E-state index is 13.0. The first-order chi connectivity index (χ1) is 27.3. The smallest absolute Gasteiger partial charge is 0.220 e. The first-order valence-electron chi connectivity index (χ1n) is 24.2. The molecular weight excluding hydrogens is 707 g/mol. The predicted molar refractivity (Wildman–Crippen MR) is 231 cm³/mol. The molecule has 1 amide bonds. The monoisotopic (exact) mass is 800 g/mol. The van der Waals surface area contributed by atoms with E-state index in [0.29, 0.717) is 12.8 Å². The molecule has 1 saturated heterocycles. The van der Waals surface area contributed by atoms with E-state index in [1.54, 1.807) is 0 Å². The summed E-state index contributed by atoms with van der Waals surface area (Å²) in [6.07, 6.45) is 35.3. The highest BCUT2D eigenvalue weighted by Crippen LogP contribution is 2.23. The number of hydrogen-bond donors (Lipinski definition) is 6. The van der Waals surface area contributed by atoms with Crippen LogP contribution in [-0.4, -0.2) is 87.5 Å². The first-order valence-corrected chi connectivity index (χ1v) is 24.2. The van der Waals surface area contributed by atoms with Crippen LogP contribution < -0.4 is 5.32 Å². The number of rotatable bonds is 41. The van der Waals surface area contributed by atoms with Gasteiger partial charge in [-0.2, -0.15) is 0 Å². The van der Waals surface area contributed by atoms with Crippen LogP contribution in [0.25, 0.3) is 0 Å². The van der Waals surface area contributed by atoms with E-state index in [-0.39, 0.29) is 12.5 Å². The van der Waals surface area contributed by atoms with Crippen molar-refractivity contribution in [1.29, 1.82) is 0 Å². The standard InChI is InChI=1S/C47H93NO8/c1-3-5-7-9-11-13-15-17-19-21-22-24-26-28-30-32-34-36-41(50)40(39-55-47-46(54)45(53)44(52)42(38-49)56-47)48-43(51)37-35-33-31-29-27-25-23-20-18-16-14-12-10-8-6-4-2/h40-42,44-47,49-50,52-54H,3-39H2,1-2H3,(H,48,51)/t40-,41+,42+,44-,45?,46?,47+/m0/s1. The van der Waals surface area contributed by atoms with E-state index in [0.717, 1.165) is 38.5 Å². The molecule has 0 spiro atoms. The minimum Gasteiger partial charge on any atom is -0.394 e. The number of aliphatic hydroxyl groups is 5. The van der Waals surface area contributed by atoms with Gasteiger partial charge in [-0.3, -0.25) is 4.79 Å². The lowest BCUT2D eigenvalue weighted by atomic mass is 9.99. The van der Waals surface area contributed by atoms with Crippen LogP contribution in [0.3, 0.4) is 0 Å². The minimum absolute atomic E-state index is 0.131. The summed E-state index contributed by atoms with van der Waals surface area (Å²) in [5, 5.41) is 54.4. The first kappa shape index (κ1) is 53.2. The molecule has 0 radical (unpaired) electrons. The molecule has 9 nitrogen and oxygen atoms in total. The van der Waals surface area contributed by atoms with Gasteiger partial charge in [0.25, 0.3) is 0 Å². The number of hydrogen-bond acceptors (Lipinski definition) is 8. The van der Waals surface area contributed by atoms with Crippen LogP contribution in [0.5, 0.6) is 0 Å². The molecule has 1 rings (SSSR count). The van der Waals surface area contributed by atoms with Gasteiger partial charge < -0.3 is 40.3 Å². The highest BCUT2D eigenvalue weighted by molar-refractivity contribution is 5.76. The molecule has 9 heteroatoms. The van der Waals surface area contributed by atoms with Crippen molar-refractivity contribution in [2.75, 3.05) is 13.2 Å². The van der Waals surface area contributed by atoms with Crippen molar-refractivity contribution < 1.29 is 39.8 Å². The van der Waals surface area contributed by atoms with Gasteiger partial charge in [0.1, 0.15) is 24.4 Å². The summed E-state index contributed by atoms with van der Waals surface area (Å²) >= 11 is 0. The zero-order valence-corrected chi connectivity index (χ0v) is 36.7. The fraction of sp³-hybridized carbons (Fsp3) is 0.979. The zero-order chi connectivity index (χ0) is 40.9. The van der Waals surface area contributed by atoms with Gasteiger partial charge in [-0.15, -0.1) is 0 Å². The minimum atomic E-state index is -1.55. The Morgan fingerprint density at radius 1 is 0.536 bits per heavy atom. The predicted octanol–water partition coefficient (Wildman–Crippen LogP) is 10.3. The van der Waals surface area contributed by atoms with Gasteiger partial charge in [0, 0.05) is 6.42 Å². The topological polar surface area (TPSA) is 149 Å². The Morgan fingerprint density at radius 3 is 1.27 bits per heavy atom. The average molecular weight is 800 g/mol. The van der Waals surface area contributed by atoms with Crippen LogP contribution in [-0.2, 0) is 14.3 Å². The Kier molecular flexibility index (Phi) is 36.5. The summed E-state index contributed by atoms with van der Waals surface area (Å²) in [5.41, 5.74) is 0. The average Bonchev–Trinajstić information content (AvgIpc) is 3.20. The summed E-state index contributed by atoms with van der Waals surface area (Å²) in [4.78, 5) is 13.0. The van der Waals surface area contributed by atoms with Gasteiger partial charge in [-0.1, -0.05) is 219 Å². The quantitative estimate of drug-likeness (QED) is 0.0335. The third-order valence-electron chi connectivity index (χ3n) is 12.0. The number of unbranched alkanes of at least 4 members (excludes halogenated alkanes) is 31. The lowest BCUT2D eigenvalue weighted by Crippen LogP contribution is -2.60. The van der Waals surface area contributed by atoms with Crippen LogP contribution in [0.2, 0.25) is 0 Å². The van der Waals surface area contributed by atoms with E-state index in [9.17, 15) is 30.3 Å². The van der Waals surface area contributed by atoms with Crippen LogP contribution in [0, 0.1) is 0 Å². The van der Waals surface area contributed by atoms with Gasteiger partial charge in [-0.05, 0) is 12.8 Å². The second kappa shape index (κ2) is 38.4. The summed E-state index contributed by atoms with van der Waals surface area (Å²) in [6.45, 7) is 3.86. The van der Waals surface area contributed by atoms with Crippen molar-refractivity contribution in [3.05, 3.63) is 0 Å². The van der Waals surface area contributed by atoms with Crippen LogP contribution in [0.4, 0.5) is 0 Å². The van der Waals surface area contributed by atoms with Gasteiger partial charge in [0.15, 0.2) is 6.29 Å². The third-order valence-corrected chi connectivity index (χ3v) is 12.0. The molecule has 0 bridgehead atoms. The molecule has 6 N–H and O–H groups in total. The Morgan fingerprint density at radius 2 is 0.893 bits per heavy atom. The van der Waals surface area contributed by atoms with Crippen LogP contribution >= 0.6 is 0 Å². The number of ether oxygens (including phenoxy) is 2. The van der Waals surface area contributed by atoms with Crippen molar-refractivity contribution >= 4 is 5.91 Å². The Labute approximate surface area is 344 Å². The molecule has 0 saturated carbocycles. The normalized spacial score (nSPS) is 21.0. The molecule has 0 aromatic carbocycles. The van der Waals surface area contributed by atoms with Crippen molar-refractivity contribution in [2.24, 2.45) is 0 Å². The number of nitrogens with one attached hydrogen (secondary N) is 1. The van der Waals surface area contributed by atoms with Gasteiger partial charge in [0.2, 0.25) is 5.91 Å². The Bertz CT molecular complexity index is 847. The van der Waals surface area contributed by atoms with Gasteiger partial charge >= 0.3 is 0 Å². The maximum Gasteiger partial charge on any atom is 0.220 e. The summed E-state index contributed by atoms with van der Waals surface area (Å²) < 4.78 is 11.3. The molecule has 56 heavy (non-hydrogen) atoms. The second-order valence-electron chi connectivity index (χ2n) is 17.3. The van der Waals surface area contributed by atoms with E-state index < -0.39 is 49.5 Å². The lowest BCUT2D eigenvalue weighted by molar-refractivity contribution is -0.302. The van der Waals surface area contributed by atoms with Crippen molar-refractivity contribution in [3.63, 3.8) is 0 Å². The van der Waals surface area contributed by atoms with Crippen molar-refractivity contribution in [1.82, 2.24) is 5.32 Å². The number of aliphatic hydroxyl groups excluding tert-OH is 5. The Hall–Kier alpha value is -0.810. The number of carbonyl (C=O) groups is 1. The van der Waals surface area contributed by atoms with E-state index in [4.69, 9.17) is 9.47 Å². The third kappa shape index (κ3) is 28.6. The molecule has 1 aliphatic heterocycles. The summed E-state index contributed by atoms with van der Waals surface area (Å²) in [7, 11) is 0. The molecule has 2 unspecified atom stereocenters. The summed E-state index contributed by atoms with van der Waals surface area (Å²) in [6, 6.07) is -0.711. The number of carbonyl (C=O) groups excluding carboxylic acids is 1. The van der Waals surface area contributed by atoms with Crippen molar-refractivity contribution in [3.8, 4) is 0 Å². The fourth-order valence-electron chi connectivity index (χ4n) is 8.04. The van der Waals surface area contributed by atoms with Gasteiger partial charge in [-0.25, -0.2) is 0 Å². The molecule has 0 aromatic heterocycles. The number of amides is 1. The molecule has 334 valence electrons. The van der Waals surface area contributed by atoms with E-state index in [2.05, 4.69) is 19.2 Å². The fourth-order valence-corrected chi connectivity index (χ4v) is 8.04. The van der Waals surface area contributed by atoms with E-state index in [1.807, 2.05) is 0 Å². The Balaban J connectivity index is 2.29. The second-order valence-corrected chi connectivity index (χ2v) is 17.3. The zero-order valence-electron chi connectivity index (χ0n) is 36.7. The van der Waals surface area contributed by atoms with Crippen LogP contribution in [0.1, 0.15) is 239 Å². The highest BCUT2D eigenvalue weighted by Gasteiger charge is 2.44. The SMILES string of the molecule is CCCCCCCCCCCCCCCCCCC[C@@H](O)[C@H](CO[C@@H]1O[C@H](CO)[C@H](O)C(O)C1O)NC(=O)CCCCCCCCCCCCCCCCCC. The molecular formula is C47H93NO8. The molecule has 1 aliphatic rings.